The van der Waals surface area contributed by atoms with Gasteiger partial charge in [-0.15, -0.1) is 0 Å². The van der Waals surface area contributed by atoms with Gasteiger partial charge in [-0.2, -0.15) is 0 Å². The summed E-state index contributed by atoms with van der Waals surface area (Å²) in [5.74, 6) is -2.66. The summed E-state index contributed by atoms with van der Waals surface area (Å²) >= 11 is 0. The molecule has 0 radical (unpaired) electrons. The Morgan fingerprint density at radius 3 is 1.03 bits per heavy atom. The van der Waals surface area contributed by atoms with Crippen LogP contribution < -0.4 is 0 Å². The Bertz CT molecular complexity index is 463. The lowest BCUT2D eigenvalue weighted by Gasteiger charge is -2.26. The number of rotatable bonds is 24. The number of aliphatic carboxylic acids is 3. The number of carboxylic acid groups (broad SMARTS) is 3. The highest BCUT2D eigenvalue weighted by Gasteiger charge is 2.38. The topological polar surface area (TPSA) is 112 Å². The molecule has 188 valence electrons. The first kappa shape index (κ1) is 30.8. The predicted octanol–water partition coefficient (Wildman–Crippen LogP) is 6.91. The molecule has 0 aromatic heterocycles. The lowest BCUT2D eigenvalue weighted by atomic mass is 10.0. The summed E-state index contributed by atoms with van der Waals surface area (Å²) in [6, 6.07) is 0. The molecule has 0 aliphatic rings. The lowest BCUT2D eigenvalue weighted by Crippen LogP contribution is -2.18. The first-order valence-corrected chi connectivity index (χ1v) is 15.3. The maximum Gasteiger partial charge on any atom is 0.307 e. The molecule has 0 amide bonds. The second-order valence-electron chi connectivity index (χ2n) is 9.26. The fourth-order valence-electron chi connectivity index (χ4n) is 4.31. The molecule has 0 aliphatic heterocycles. The lowest BCUT2D eigenvalue weighted by molar-refractivity contribution is -0.137. The molecule has 0 heterocycles. The zero-order valence-corrected chi connectivity index (χ0v) is 21.3. The summed E-state index contributed by atoms with van der Waals surface area (Å²) in [6.45, 7) is 2.25. The molecule has 0 unspecified atom stereocenters. The average Bonchev–Trinajstić information content (AvgIpc) is 2.74. The van der Waals surface area contributed by atoms with Crippen molar-refractivity contribution < 1.29 is 29.7 Å². The predicted molar refractivity (Wildman–Crippen MR) is 133 cm³/mol. The Morgan fingerprint density at radius 1 is 0.469 bits per heavy atom. The second kappa shape index (κ2) is 20.4. The van der Waals surface area contributed by atoms with Crippen LogP contribution in [0.4, 0.5) is 0 Å². The third-order valence-electron chi connectivity index (χ3n) is 6.39. The van der Waals surface area contributed by atoms with E-state index in [0.717, 1.165) is 25.4 Å². The average molecular weight is 476 g/mol. The summed E-state index contributed by atoms with van der Waals surface area (Å²) < 4.78 is 0. The molecule has 0 rings (SSSR count). The third kappa shape index (κ3) is 19.5. The maximum atomic E-state index is 11.1. The van der Waals surface area contributed by atoms with Crippen LogP contribution in [0.5, 0.6) is 0 Å². The molecule has 0 bridgehead atoms. The van der Waals surface area contributed by atoms with E-state index in [9.17, 15) is 14.4 Å². The van der Waals surface area contributed by atoms with E-state index in [1.807, 2.05) is 0 Å². The molecule has 0 aromatic carbocycles. The van der Waals surface area contributed by atoms with Gasteiger partial charge in [0.2, 0.25) is 0 Å². The van der Waals surface area contributed by atoms with E-state index < -0.39 is 25.2 Å². The zero-order valence-electron chi connectivity index (χ0n) is 20.4. The van der Waals surface area contributed by atoms with Crippen LogP contribution in [0.1, 0.15) is 116 Å². The van der Waals surface area contributed by atoms with Crippen molar-refractivity contribution in [2.24, 2.45) is 0 Å². The molecule has 7 heteroatoms. The van der Waals surface area contributed by atoms with Gasteiger partial charge in [-0.3, -0.25) is 14.4 Å². The second-order valence-corrected chi connectivity index (χ2v) is 13.7. The van der Waals surface area contributed by atoms with Gasteiger partial charge < -0.3 is 15.3 Å². The molecule has 0 aliphatic carbocycles. The number of hydrogen-bond donors (Lipinski definition) is 3. The van der Waals surface area contributed by atoms with Crippen molar-refractivity contribution in [1.82, 2.24) is 0 Å². The maximum absolute atomic E-state index is 11.1. The van der Waals surface area contributed by atoms with Gasteiger partial charge in [0.15, 0.2) is 0 Å². The van der Waals surface area contributed by atoms with E-state index in [0.29, 0.717) is 18.5 Å². The molecule has 6 nitrogen and oxygen atoms in total. The zero-order chi connectivity index (χ0) is 24.1. The van der Waals surface area contributed by atoms with E-state index in [4.69, 9.17) is 15.3 Å². The first-order valence-electron chi connectivity index (χ1n) is 12.8. The van der Waals surface area contributed by atoms with Gasteiger partial charge in [0.1, 0.15) is 0 Å². The van der Waals surface area contributed by atoms with Crippen molar-refractivity contribution in [1.29, 1.82) is 0 Å². The van der Waals surface area contributed by atoms with E-state index in [-0.39, 0.29) is 19.3 Å². The van der Waals surface area contributed by atoms with Gasteiger partial charge in [-0.05, 0) is 12.8 Å². The molecule has 0 saturated heterocycles. The Balaban J connectivity index is 4.15. The molecule has 3 N–H and O–H groups in total. The van der Waals surface area contributed by atoms with Crippen LogP contribution in [0.15, 0.2) is 0 Å². The van der Waals surface area contributed by atoms with Crippen LogP contribution in [-0.4, -0.2) is 57.9 Å². The molecule has 32 heavy (non-hydrogen) atoms. The van der Waals surface area contributed by atoms with Crippen molar-refractivity contribution in [2.45, 2.75) is 116 Å². The Kier molecular flexibility index (Phi) is 19.7. The molecule has 0 fully saturated rings. The normalized spacial score (nSPS) is 11.5. The number of carbonyl (C=O) groups is 3. The van der Waals surface area contributed by atoms with Gasteiger partial charge in [0.05, 0.1) is 43.9 Å². The van der Waals surface area contributed by atoms with Crippen LogP contribution in [0.2, 0.25) is 0 Å². The highest BCUT2D eigenvalue weighted by Crippen LogP contribution is 2.60. The van der Waals surface area contributed by atoms with Gasteiger partial charge in [-0.25, -0.2) is 0 Å². The molecule has 0 atom stereocenters. The third-order valence-corrected chi connectivity index (χ3v) is 11.2. The largest absolute Gasteiger partial charge is 0.481 e. The quantitative estimate of drug-likeness (QED) is 0.103. The smallest absolute Gasteiger partial charge is 0.307 e. The van der Waals surface area contributed by atoms with Crippen LogP contribution >= 0.6 is 7.26 Å². The van der Waals surface area contributed by atoms with E-state index >= 15 is 0 Å². The van der Waals surface area contributed by atoms with E-state index in [1.165, 1.54) is 70.6 Å². The van der Waals surface area contributed by atoms with Crippen molar-refractivity contribution in [3.8, 4) is 0 Å². The molecular formula is C25H48O6P+. The van der Waals surface area contributed by atoms with E-state index in [1.54, 1.807) is 0 Å². The van der Waals surface area contributed by atoms with Gasteiger partial charge in [-0.1, -0.05) is 84.0 Å². The Hall–Kier alpha value is -1.16. The number of carboxylic acids is 3. The highest BCUT2D eigenvalue weighted by atomic mass is 31.2. The van der Waals surface area contributed by atoms with Gasteiger partial charge in [0.25, 0.3) is 0 Å². The Morgan fingerprint density at radius 2 is 0.750 bits per heavy atom. The summed E-state index contributed by atoms with van der Waals surface area (Å²) in [5.41, 5.74) is 0. The molecule has 0 spiro atoms. The van der Waals surface area contributed by atoms with Crippen molar-refractivity contribution in [3.05, 3.63) is 0 Å². The van der Waals surface area contributed by atoms with Crippen molar-refractivity contribution in [3.63, 3.8) is 0 Å². The highest BCUT2D eigenvalue weighted by molar-refractivity contribution is 7.76. The van der Waals surface area contributed by atoms with Crippen LogP contribution in [0.3, 0.4) is 0 Å². The number of hydrogen-bond acceptors (Lipinski definition) is 3. The standard InChI is InChI=1S/C25H47O6P/c1-2-3-4-5-6-7-8-9-10-11-12-13-14-15-19-32(20-16-23(26)27,21-17-24(28)29)22-18-25(30)31/h2-22H2,1H3,(H2-,26,27,28,29,30,31)/p+1. The molecular weight excluding hydrogens is 427 g/mol. The summed E-state index contributed by atoms with van der Waals surface area (Å²) in [7, 11) is -1.88. The van der Waals surface area contributed by atoms with Gasteiger partial charge >= 0.3 is 17.9 Å². The Labute approximate surface area is 195 Å². The summed E-state index contributed by atoms with van der Waals surface area (Å²) in [4.78, 5) is 33.3. The van der Waals surface area contributed by atoms with E-state index in [2.05, 4.69) is 6.92 Å². The molecule has 0 aromatic rings. The number of unbranched alkanes of at least 4 members (excludes halogenated alkanes) is 13. The summed E-state index contributed by atoms with van der Waals surface area (Å²) in [5, 5.41) is 27.3. The monoisotopic (exact) mass is 475 g/mol. The minimum absolute atomic E-state index is 0.00558. The van der Waals surface area contributed by atoms with Crippen LogP contribution in [-0.2, 0) is 14.4 Å². The minimum Gasteiger partial charge on any atom is -0.481 e. The van der Waals surface area contributed by atoms with Crippen molar-refractivity contribution in [2.75, 3.05) is 24.6 Å². The molecule has 0 saturated carbocycles. The summed E-state index contributed by atoms with van der Waals surface area (Å²) in [6.07, 6.45) is 19.9. The van der Waals surface area contributed by atoms with Gasteiger partial charge in [0, 0.05) is 7.26 Å². The minimum atomic E-state index is -1.88. The van der Waals surface area contributed by atoms with Crippen LogP contribution in [0, 0.1) is 0 Å². The fraction of sp³-hybridized carbons (Fsp3) is 0.880. The SMILES string of the molecule is CCCCCCCCCCCCCCCC[P+](CCC(=O)O)(CCC(=O)O)CCC(=O)O. The van der Waals surface area contributed by atoms with Crippen molar-refractivity contribution >= 4 is 25.2 Å². The first-order chi connectivity index (χ1) is 15.3. The fourth-order valence-corrected chi connectivity index (χ4v) is 8.54. The van der Waals surface area contributed by atoms with Crippen LogP contribution in [0.25, 0.3) is 0 Å².